The lowest BCUT2D eigenvalue weighted by Gasteiger charge is -2.29. The molecule has 1 atom stereocenters. The van der Waals surface area contributed by atoms with Crippen molar-refractivity contribution in [3.63, 3.8) is 0 Å². The number of carbonyl (C=O) groups is 2. The van der Waals surface area contributed by atoms with E-state index in [9.17, 15) is 9.59 Å². The lowest BCUT2D eigenvalue weighted by atomic mass is 9.87. The third-order valence-corrected chi connectivity index (χ3v) is 5.85. The summed E-state index contributed by atoms with van der Waals surface area (Å²) in [4.78, 5) is 27.4. The second kappa shape index (κ2) is 11.5. The second-order valence-corrected chi connectivity index (χ2v) is 10.3. The fraction of sp³-hybridized carbons (Fsp3) is 0.462. The maximum absolute atomic E-state index is 13.2. The molecular weight excluding hydrogens is 484 g/mol. The number of amides is 2. The molecule has 0 unspecified atom stereocenters. The first-order valence-electron chi connectivity index (χ1n) is 11.1. The van der Waals surface area contributed by atoms with Crippen LogP contribution in [0.25, 0.3) is 0 Å². The summed E-state index contributed by atoms with van der Waals surface area (Å²) in [6, 6.07) is 12.6. The minimum Gasteiger partial charge on any atom is -0.497 e. The second-order valence-electron chi connectivity index (χ2n) is 9.40. The fourth-order valence-electron chi connectivity index (χ4n) is 3.26. The number of nitrogens with one attached hydrogen (secondary N) is 1. The Kier molecular flexibility index (Phi) is 9.35. The molecule has 0 aliphatic rings. The molecule has 0 saturated carbocycles. The molecular formula is C26H35BrN2O4. The maximum atomic E-state index is 13.2. The van der Waals surface area contributed by atoms with Crippen LogP contribution in [0.4, 0.5) is 0 Å². The summed E-state index contributed by atoms with van der Waals surface area (Å²) in [7, 11) is 1.59. The van der Waals surface area contributed by atoms with E-state index in [0.29, 0.717) is 11.5 Å². The van der Waals surface area contributed by atoms with Gasteiger partial charge in [0.1, 0.15) is 17.5 Å². The lowest BCUT2D eigenvalue weighted by molar-refractivity contribution is -0.142. The Balaban J connectivity index is 2.21. The zero-order valence-corrected chi connectivity index (χ0v) is 22.2. The predicted octanol–water partition coefficient (Wildman–Crippen LogP) is 5.08. The molecule has 2 rings (SSSR count). The van der Waals surface area contributed by atoms with Crippen molar-refractivity contribution >= 4 is 27.7 Å². The molecule has 0 aliphatic carbocycles. The maximum Gasteiger partial charge on any atom is 0.261 e. The highest BCUT2D eigenvalue weighted by atomic mass is 79.9. The van der Waals surface area contributed by atoms with Crippen LogP contribution in [0.15, 0.2) is 46.9 Å². The summed E-state index contributed by atoms with van der Waals surface area (Å²) in [6.07, 6.45) is 0. The first-order chi connectivity index (χ1) is 15.4. The van der Waals surface area contributed by atoms with Crippen molar-refractivity contribution in [2.75, 3.05) is 13.7 Å². The van der Waals surface area contributed by atoms with Crippen LogP contribution in [0.2, 0.25) is 0 Å². The molecule has 0 saturated heterocycles. The minimum atomic E-state index is -0.665. The third-order valence-electron chi connectivity index (χ3n) is 5.23. The van der Waals surface area contributed by atoms with Crippen LogP contribution in [0.3, 0.4) is 0 Å². The van der Waals surface area contributed by atoms with Crippen molar-refractivity contribution in [1.29, 1.82) is 0 Å². The number of halogens is 1. The number of methoxy groups -OCH3 is 1. The van der Waals surface area contributed by atoms with Crippen LogP contribution in [0.5, 0.6) is 11.5 Å². The van der Waals surface area contributed by atoms with Crippen LogP contribution in [0.1, 0.15) is 52.7 Å². The van der Waals surface area contributed by atoms with Crippen molar-refractivity contribution in [2.45, 2.75) is 65.6 Å². The number of ether oxygens (including phenoxy) is 2. The largest absolute Gasteiger partial charge is 0.497 e. The quantitative estimate of drug-likeness (QED) is 0.502. The van der Waals surface area contributed by atoms with Gasteiger partial charge in [-0.3, -0.25) is 9.59 Å². The molecule has 1 N–H and O–H groups in total. The smallest absolute Gasteiger partial charge is 0.261 e. The van der Waals surface area contributed by atoms with Crippen LogP contribution in [-0.4, -0.2) is 42.5 Å². The summed E-state index contributed by atoms with van der Waals surface area (Å²) in [5.74, 6) is 0.781. The van der Waals surface area contributed by atoms with Crippen LogP contribution in [-0.2, 0) is 21.5 Å². The van der Waals surface area contributed by atoms with Gasteiger partial charge in [0.15, 0.2) is 6.61 Å². The van der Waals surface area contributed by atoms with E-state index in [2.05, 4.69) is 42.0 Å². The molecule has 0 aliphatic heterocycles. The zero-order valence-electron chi connectivity index (χ0n) is 20.6. The Hall–Kier alpha value is -2.54. The van der Waals surface area contributed by atoms with Crippen LogP contribution in [0, 0.1) is 0 Å². The van der Waals surface area contributed by atoms with Gasteiger partial charge < -0.3 is 19.7 Å². The molecule has 2 aromatic rings. The molecule has 2 amide bonds. The van der Waals surface area contributed by atoms with Gasteiger partial charge in [-0.05, 0) is 77.5 Å². The molecule has 6 nitrogen and oxygen atoms in total. The van der Waals surface area contributed by atoms with Crippen molar-refractivity contribution in [1.82, 2.24) is 10.2 Å². The number of rotatable bonds is 9. The van der Waals surface area contributed by atoms with E-state index >= 15 is 0 Å². The van der Waals surface area contributed by atoms with Gasteiger partial charge in [0.25, 0.3) is 5.91 Å². The number of hydrogen-bond donors (Lipinski definition) is 1. The normalized spacial score (nSPS) is 12.3. The molecule has 0 bridgehead atoms. The van der Waals surface area contributed by atoms with Gasteiger partial charge in [-0.2, -0.15) is 0 Å². The zero-order chi connectivity index (χ0) is 24.8. The molecule has 0 heterocycles. The summed E-state index contributed by atoms with van der Waals surface area (Å²) in [5.41, 5.74) is 2.03. The highest BCUT2D eigenvalue weighted by Crippen LogP contribution is 2.31. The number of carbonyl (C=O) groups excluding carboxylic acids is 2. The summed E-state index contributed by atoms with van der Waals surface area (Å²) in [6.45, 7) is 12.0. The van der Waals surface area contributed by atoms with Crippen molar-refractivity contribution in [3.8, 4) is 11.5 Å². The fourth-order valence-corrected chi connectivity index (χ4v) is 3.76. The predicted molar refractivity (Wildman–Crippen MR) is 135 cm³/mol. The van der Waals surface area contributed by atoms with Crippen LogP contribution < -0.4 is 14.8 Å². The van der Waals surface area contributed by atoms with E-state index in [1.54, 1.807) is 14.0 Å². The Morgan fingerprint density at radius 1 is 1.09 bits per heavy atom. The Morgan fingerprint density at radius 2 is 1.79 bits per heavy atom. The molecule has 0 spiro atoms. The van der Waals surface area contributed by atoms with Gasteiger partial charge in [-0.15, -0.1) is 0 Å². The first-order valence-corrected chi connectivity index (χ1v) is 11.9. The van der Waals surface area contributed by atoms with Gasteiger partial charge in [0, 0.05) is 12.6 Å². The van der Waals surface area contributed by atoms with Gasteiger partial charge in [0.2, 0.25) is 5.91 Å². The van der Waals surface area contributed by atoms with E-state index < -0.39 is 6.04 Å². The van der Waals surface area contributed by atoms with E-state index in [1.807, 2.05) is 56.3 Å². The van der Waals surface area contributed by atoms with Gasteiger partial charge in [0.05, 0.1) is 11.6 Å². The lowest BCUT2D eigenvalue weighted by Crippen LogP contribution is -2.50. The Morgan fingerprint density at radius 3 is 2.36 bits per heavy atom. The SMILES string of the molecule is COc1cccc(CN(C(=O)COc2ccc(C(C)(C)C)cc2Br)[C@@H](C)C(=O)NC(C)C)c1. The molecule has 2 aromatic carbocycles. The van der Waals surface area contributed by atoms with Crippen molar-refractivity contribution < 1.29 is 19.1 Å². The molecule has 0 aromatic heterocycles. The summed E-state index contributed by atoms with van der Waals surface area (Å²) >= 11 is 3.55. The first kappa shape index (κ1) is 26.7. The Labute approximate surface area is 205 Å². The third kappa shape index (κ3) is 7.77. The summed E-state index contributed by atoms with van der Waals surface area (Å²) in [5, 5.41) is 2.88. The van der Waals surface area contributed by atoms with E-state index in [1.165, 1.54) is 4.90 Å². The van der Waals surface area contributed by atoms with E-state index in [-0.39, 0.29) is 36.4 Å². The average molecular weight is 519 g/mol. The van der Waals surface area contributed by atoms with Crippen molar-refractivity contribution in [3.05, 3.63) is 58.1 Å². The molecule has 33 heavy (non-hydrogen) atoms. The topological polar surface area (TPSA) is 67.9 Å². The number of nitrogens with zero attached hydrogens (tertiary/aromatic N) is 1. The van der Waals surface area contributed by atoms with Crippen LogP contribution >= 0.6 is 15.9 Å². The van der Waals surface area contributed by atoms with Gasteiger partial charge in [-0.1, -0.05) is 39.0 Å². The molecule has 0 fully saturated rings. The monoisotopic (exact) mass is 518 g/mol. The van der Waals surface area contributed by atoms with Crippen molar-refractivity contribution in [2.24, 2.45) is 0 Å². The van der Waals surface area contributed by atoms with Gasteiger partial charge >= 0.3 is 0 Å². The van der Waals surface area contributed by atoms with E-state index in [0.717, 1.165) is 15.6 Å². The highest BCUT2D eigenvalue weighted by Gasteiger charge is 2.27. The molecule has 180 valence electrons. The van der Waals surface area contributed by atoms with Gasteiger partial charge in [-0.25, -0.2) is 0 Å². The minimum absolute atomic E-state index is 0.00359. The highest BCUT2D eigenvalue weighted by molar-refractivity contribution is 9.10. The molecule has 7 heteroatoms. The van der Waals surface area contributed by atoms with E-state index in [4.69, 9.17) is 9.47 Å². The average Bonchev–Trinajstić information content (AvgIpc) is 2.74. The number of benzene rings is 2. The number of hydrogen-bond acceptors (Lipinski definition) is 4. The molecule has 0 radical (unpaired) electrons. The standard InChI is InChI=1S/C26H35BrN2O4/c1-17(2)28-25(31)18(3)29(15-19-9-8-10-21(13-19)32-7)24(30)16-33-23-12-11-20(14-22(23)27)26(4,5)6/h8-14,17-18H,15-16H2,1-7H3,(H,28,31)/t18-/m0/s1. The Bertz CT molecular complexity index is 969. The summed E-state index contributed by atoms with van der Waals surface area (Å²) < 4.78 is 11.9.